The Morgan fingerprint density at radius 2 is 1.96 bits per heavy atom. The minimum atomic E-state index is -0.0243. The fourth-order valence-corrected chi connectivity index (χ4v) is 2.64. The number of hydrogen-bond donors (Lipinski definition) is 1. The van der Waals surface area contributed by atoms with Crippen molar-refractivity contribution in [3.8, 4) is 0 Å². The minimum Gasteiger partial charge on any atom is -0.349 e. The van der Waals surface area contributed by atoms with Gasteiger partial charge in [-0.1, -0.05) is 13.8 Å². The third-order valence-electron chi connectivity index (χ3n) is 4.67. The summed E-state index contributed by atoms with van der Waals surface area (Å²) in [5.74, 6) is 0.880. The van der Waals surface area contributed by atoms with Gasteiger partial charge in [-0.2, -0.15) is 5.10 Å². The van der Waals surface area contributed by atoms with E-state index in [1.54, 1.807) is 6.20 Å². The lowest BCUT2D eigenvalue weighted by Crippen LogP contribution is -2.36. The van der Waals surface area contributed by atoms with Crippen molar-refractivity contribution in [1.82, 2.24) is 20.1 Å². The van der Waals surface area contributed by atoms with Crippen LogP contribution in [0.5, 0.6) is 0 Å². The van der Waals surface area contributed by atoms with Crippen LogP contribution in [0.2, 0.25) is 0 Å². The summed E-state index contributed by atoms with van der Waals surface area (Å²) < 4.78 is 1.91. The molecule has 1 amide bonds. The predicted octanol–water partition coefficient (Wildman–Crippen LogP) is 3.66. The lowest BCUT2D eigenvalue weighted by Gasteiger charge is -2.18. The van der Waals surface area contributed by atoms with Crippen molar-refractivity contribution in [2.24, 2.45) is 5.92 Å². The molecule has 0 saturated heterocycles. The number of rotatable bonds is 5. The molecule has 1 aliphatic rings. The molecule has 5 heteroatoms. The summed E-state index contributed by atoms with van der Waals surface area (Å²) in [4.78, 5) is 17.6. The molecule has 0 spiro atoms. The number of carbonyl (C=O) groups is 1. The van der Waals surface area contributed by atoms with Gasteiger partial charge < -0.3 is 5.32 Å². The number of hydrogen-bond acceptors (Lipinski definition) is 3. The van der Waals surface area contributed by atoms with Gasteiger partial charge in [0.15, 0.2) is 5.65 Å². The van der Waals surface area contributed by atoms with Gasteiger partial charge in [-0.25, -0.2) is 9.67 Å². The Morgan fingerprint density at radius 1 is 1.26 bits per heavy atom. The average molecular weight is 314 g/mol. The van der Waals surface area contributed by atoms with E-state index in [-0.39, 0.29) is 18.0 Å². The molecule has 1 N–H and O–H groups in total. The van der Waals surface area contributed by atoms with Gasteiger partial charge in [0, 0.05) is 23.7 Å². The van der Waals surface area contributed by atoms with E-state index in [0.717, 1.165) is 29.6 Å². The second kappa shape index (κ2) is 5.95. The number of nitrogens with zero attached hydrogens (tertiary/aromatic N) is 3. The van der Waals surface area contributed by atoms with Gasteiger partial charge in [-0.15, -0.1) is 0 Å². The maximum Gasteiger partial charge on any atom is 0.252 e. The molecule has 0 radical (unpaired) electrons. The van der Waals surface area contributed by atoms with Crippen LogP contribution in [0.15, 0.2) is 12.3 Å². The van der Waals surface area contributed by atoms with Crippen LogP contribution in [0.4, 0.5) is 0 Å². The Bertz CT molecular complexity index is 728. The molecule has 0 bridgehead atoms. The zero-order chi connectivity index (χ0) is 16.7. The molecule has 1 fully saturated rings. The van der Waals surface area contributed by atoms with Crippen LogP contribution in [0.25, 0.3) is 11.0 Å². The fourth-order valence-electron chi connectivity index (χ4n) is 2.64. The van der Waals surface area contributed by atoms with Gasteiger partial charge in [0.05, 0.1) is 17.1 Å². The van der Waals surface area contributed by atoms with Crippen molar-refractivity contribution < 1.29 is 4.79 Å². The Kier molecular flexibility index (Phi) is 4.13. The van der Waals surface area contributed by atoms with E-state index in [9.17, 15) is 4.79 Å². The number of carbonyl (C=O) groups excluding carboxylic acids is 1. The standard InChI is InChI=1S/C18H26N4O/c1-10(2)12(5)20-18(23)14-8-16(13-6-7-13)21-17-15(14)9-19-22(17)11(3)4/h8-13H,6-7H2,1-5H3,(H,20,23). The summed E-state index contributed by atoms with van der Waals surface area (Å²) in [6.45, 7) is 10.4. The number of amides is 1. The third-order valence-corrected chi connectivity index (χ3v) is 4.67. The van der Waals surface area contributed by atoms with Crippen LogP contribution >= 0.6 is 0 Å². The zero-order valence-electron chi connectivity index (χ0n) is 14.6. The molecule has 1 saturated carbocycles. The smallest absolute Gasteiger partial charge is 0.252 e. The van der Waals surface area contributed by atoms with Crippen molar-refractivity contribution in [3.05, 3.63) is 23.5 Å². The van der Waals surface area contributed by atoms with Crippen molar-refractivity contribution >= 4 is 16.9 Å². The lowest BCUT2D eigenvalue weighted by molar-refractivity contribution is 0.0932. The summed E-state index contributed by atoms with van der Waals surface area (Å²) in [6, 6.07) is 2.32. The Hall–Kier alpha value is -1.91. The fraction of sp³-hybridized carbons (Fsp3) is 0.611. The first-order valence-electron chi connectivity index (χ1n) is 8.57. The van der Waals surface area contributed by atoms with Crippen LogP contribution in [0, 0.1) is 5.92 Å². The van der Waals surface area contributed by atoms with Gasteiger partial charge in [0.2, 0.25) is 0 Å². The SMILES string of the molecule is CC(C)C(C)NC(=O)c1cc(C2CC2)nc2c1cnn2C(C)C. The molecule has 2 aromatic rings. The molecular formula is C18H26N4O. The highest BCUT2D eigenvalue weighted by molar-refractivity contribution is 6.05. The molecule has 2 aromatic heterocycles. The molecular weight excluding hydrogens is 288 g/mol. The van der Waals surface area contributed by atoms with Crippen molar-refractivity contribution in [2.45, 2.75) is 65.5 Å². The van der Waals surface area contributed by atoms with E-state index in [1.165, 1.54) is 0 Å². The van der Waals surface area contributed by atoms with Crippen LogP contribution in [0.1, 0.15) is 75.5 Å². The van der Waals surface area contributed by atoms with E-state index in [0.29, 0.717) is 17.4 Å². The number of aromatic nitrogens is 3. The second-order valence-electron chi connectivity index (χ2n) is 7.30. The quantitative estimate of drug-likeness (QED) is 0.916. The molecule has 3 rings (SSSR count). The number of fused-ring (bicyclic) bond motifs is 1. The van der Waals surface area contributed by atoms with Crippen molar-refractivity contribution in [1.29, 1.82) is 0 Å². The van der Waals surface area contributed by atoms with Crippen LogP contribution < -0.4 is 5.32 Å². The largest absolute Gasteiger partial charge is 0.349 e. The normalized spacial score (nSPS) is 16.3. The molecule has 23 heavy (non-hydrogen) atoms. The monoisotopic (exact) mass is 314 g/mol. The lowest BCUT2D eigenvalue weighted by atomic mass is 10.0. The first kappa shape index (κ1) is 16.0. The summed E-state index contributed by atoms with van der Waals surface area (Å²) in [7, 11) is 0. The molecule has 1 aliphatic carbocycles. The average Bonchev–Trinajstić information content (AvgIpc) is 3.24. The van der Waals surface area contributed by atoms with E-state index < -0.39 is 0 Å². The molecule has 1 atom stereocenters. The first-order valence-corrected chi connectivity index (χ1v) is 8.57. The summed E-state index contributed by atoms with van der Waals surface area (Å²) in [5.41, 5.74) is 2.56. The molecule has 124 valence electrons. The minimum absolute atomic E-state index is 0.0243. The highest BCUT2D eigenvalue weighted by atomic mass is 16.1. The topological polar surface area (TPSA) is 59.8 Å². The number of pyridine rings is 1. The highest BCUT2D eigenvalue weighted by Gasteiger charge is 2.28. The van der Waals surface area contributed by atoms with Crippen LogP contribution in [0.3, 0.4) is 0 Å². The van der Waals surface area contributed by atoms with E-state index in [4.69, 9.17) is 4.98 Å². The summed E-state index contributed by atoms with van der Waals surface area (Å²) in [6.07, 6.45) is 4.10. The Balaban J connectivity index is 2.06. The summed E-state index contributed by atoms with van der Waals surface area (Å²) in [5, 5.41) is 8.40. The van der Waals surface area contributed by atoms with E-state index in [2.05, 4.69) is 38.1 Å². The molecule has 0 aliphatic heterocycles. The Labute approximate surface area is 137 Å². The maximum atomic E-state index is 12.8. The predicted molar refractivity (Wildman–Crippen MR) is 91.7 cm³/mol. The molecule has 2 heterocycles. The van der Waals surface area contributed by atoms with Crippen molar-refractivity contribution in [2.75, 3.05) is 0 Å². The van der Waals surface area contributed by atoms with Gasteiger partial charge in [0.1, 0.15) is 0 Å². The second-order valence-corrected chi connectivity index (χ2v) is 7.30. The van der Waals surface area contributed by atoms with Gasteiger partial charge in [-0.3, -0.25) is 4.79 Å². The maximum absolute atomic E-state index is 12.8. The zero-order valence-corrected chi connectivity index (χ0v) is 14.6. The van der Waals surface area contributed by atoms with Crippen molar-refractivity contribution in [3.63, 3.8) is 0 Å². The molecule has 5 nitrogen and oxygen atoms in total. The van der Waals surface area contributed by atoms with Gasteiger partial charge in [0.25, 0.3) is 5.91 Å². The third kappa shape index (κ3) is 3.09. The van der Waals surface area contributed by atoms with E-state index >= 15 is 0 Å². The number of nitrogens with one attached hydrogen (secondary N) is 1. The molecule has 1 unspecified atom stereocenters. The summed E-state index contributed by atoms with van der Waals surface area (Å²) >= 11 is 0. The Morgan fingerprint density at radius 3 is 2.52 bits per heavy atom. The van der Waals surface area contributed by atoms with E-state index in [1.807, 2.05) is 17.7 Å². The van der Waals surface area contributed by atoms with Crippen LogP contribution in [-0.2, 0) is 0 Å². The highest BCUT2D eigenvalue weighted by Crippen LogP contribution is 2.40. The first-order chi connectivity index (χ1) is 10.9. The molecule has 0 aromatic carbocycles. The van der Waals surface area contributed by atoms with Gasteiger partial charge >= 0.3 is 0 Å². The van der Waals surface area contributed by atoms with Crippen LogP contribution in [-0.4, -0.2) is 26.7 Å². The van der Waals surface area contributed by atoms with Gasteiger partial charge in [-0.05, 0) is 45.6 Å².